The third-order valence-electron chi connectivity index (χ3n) is 5.54. The number of hydrogen-bond donors (Lipinski definition) is 3. The summed E-state index contributed by atoms with van der Waals surface area (Å²) in [5, 5.41) is 23.6. The van der Waals surface area contributed by atoms with Crippen molar-refractivity contribution in [2.75, 3.05) is 6.61 Å². The van der Waals surface area contributed by atoms with Crippen LogP contribution in [0, 0.1) is 0 Å². The summed E-state index contributed by atoms with van der Waals surface area (Å²) in [7, 11) is 0. The van der Waals surface area contributed by atoms with E-state index >= 15 is 0 Å². The summed E-state index contributed by atoms with van der Waals surface area (Å²) in [6, 6.07) is 21.1. The van der Waals surface area contributed by atoms with E-state index in [2.05, 4.69) is 19.6 Å². The smallest absolute Gasteiger partial charge is 0.439 e. The molecule has 0 fully saturated rings. The maximum absolute atomic E-state index is 11.4. The molecule has 2 aromatic heterocycles. The van der Waals surface area contributed by atoms with Gasteiger partial charge in [0.15, 0.2) is 12.1 Å². The van der Waals surface area contributed by atoms with Crippen LogP contribution in [0.2, 0.25) is 0 Å². The molecule has 0 aliphatic rings. The van der Waals surface area contributed by atoms with E-state index in [1.807, 2.05) is 66.1 Å². The zero-order chi connectivity index (χ0) is 23.7. The van der Waals surface area contributed by atoms with Crippen molar-refractivity contribution in [1.82, 2.24) is 19.7 Å². The number of para-hydroxylation sites is 1. The van der Waals surface area contributed by atoms with Crippen molar-refractivity contribution in [3.63, 3.8) is 0 Å². The van der Waals surface area contributed by atoms with Crippen LogP contribution in [0.25, 0.3) is 33.5 Å². The summed E-state index contributed by atoms with van der Waals surface area (Å²) in [4.78, 5) is 18.5. The number of H-pyrrole nitrogens is 1. The molecular weight excluding hydrogens is 436 g/mol. The first-order chi connectivity index (χ1) is 16.5. The van der Waals surface area contributed by atoms with Crippen LogP contribution >= 0.6 is 0 Å². The van der Waals surface area contributed by atoms with Crippen LogP contribution in [-0.2, 0) is 6.54 Å². The SMILES string of the molecule is CCOc1nc2cccc(C(O)O)c2n1Cc1ccc(-c2ccccc2-c2noc(=O)[nH]2)cc1. The van der Waals surface area contributed by atoms with Crippen molar-refractivity contribution in [2.45, 2.75) is 19.8 Å². The first-order valence-electron chi connectivity index (χ1n) is 10.8. The Balaban J connectivity index is 1.52. The average Bonchev–Trinajstić information content (AvgIpc) is 3.43. The molecule has 0 unspecified atom stereocenters. The summed E-state index contributed by atoms with van der Waals surface area (Å²) >= 11 is 0. The first kappa shape index (κ1) is 21.6. The lowest BCUT2D eigenvalue weighted by Crippen LogP contribution is -2.07. The van der Waals surface area contributed by atoms with E-state index in [4.69, 9.17) is 4.74 Å². The van der Waals surface area contributed by atoms with Gasteiger partial charge >= 0.3 is 5.76 Å². The number of ether oxygens (including phenoxy) is 1. The minimum atomic E-state index is -1.63. The largest absolute Gasteiger partial charge is 0.465 e. The molecule has 9 heteroatoms. The highest BCUT2D eigenvalue weighted by molar-refractivity contribution is 5.81. The summed E-state index contributed by atoms with van der Waals surface area (Å²) in [5.74, 6) is -0.240. The minimum Gasteiger partial charge on any atom is -0.465 e. The van der Waals surface area contributed by atoms with Crippen LogP contribution in [0.15, 0.2) is 76.0 Å². The molecule has 0 bridgehead atoms. The Morgan fingerprint density at radius 3 is 2.47 bits per heavy atom. The lowest BCUT2D eigenvalue weighted by molar-refractivity contribution is -0.0415. The van der Waals surface area contributed by atoms with Gasteiger partial charge in [-0.3, -0.25) is 14.1 Å². The Morgan fingerprint density at radius 1 is 1.03 bits per heavy atom. The number of aliphatic hydroxyl groups excluding tert-OH is 1. The molecule has 0 atom stereocenters. The maximum atomic E-state index is 11.4. The molecule has 172 valence electrons. The van der Waals surface area contributed by atoms with E-state index < -0.39 is 12.0 Å². The van der Waals surface area contributed by atoms with Gasteiger partial charge in [-0.05, 0) is 29.7 Å². The number of rotatable bonds is 7. The van der Waals surface area contributed by atoms with Crippen LogP contribution in [0.4, 0.5) is 0 Å². The summed E-state index contributed by atoms with van der Waals surface area (Å²) < 4.78 is 12.2. The summed E-state index contributed by atoms with van der Waals surface area (Å²) in [6.45, 7) is 2.73. The number of fused-ring (bicyclic) bond motifs is 1. The van der Waals surface area contributed by atoms with Crippen molar-refractivity contribution in [3.05, 3.63) is 88.4 Å². The molecule has 5 aromatic rings. The minimum absolute atomic E-state index is 0.364. The zero-order valence-corrected chi connectivity index (χ0v) is 18.3. The average molecular weight is 458 g/mol. The van der Waals surface area contributed by atoms with Gasteiger partial charge in [0.1, 0.15) is 0 Å². The van der Waals surface area contributed by atoms with Crippen LogP contribution in [-0.4, -0.2) is 36.5 Å². The fraction of sp³-hybridized carbons (Fsp3) is 0.160. The Hall–Kier alpha value is -4.21. The third kappa shape index (κ3) is 3.98. The topological polar surface area (TPSA) is 126 Å². The third-order valence-corrected chi connectivity index (χ3v) is 5.54. The molecule has 0 spiro atoms. The van der Waals surface area contributed by atoms with E-state index in [1.54, 1.807) is 12.1 Å². The summed E-state index contributed by atoms with van der Waals surface area (Å²) in [6.07, 6.45) is -1.63. The van der Waals surface area contributed by atoms with E-state index in [0.717, 1.165) is 22.3 Å². The lowest BCUT2D eigenvalue weighted by atomic mass is 9.98. The van der Waals surface area contributed by atoms with Gasteiger partial charge < -0.3 is 14.9 Å². The highest BCUT2D eigenvalue weighted by Crippen LogP contribution is 2.31. The van der Waals surface area contributed by atoms with Gasteiger partial charge in [0.2, 0.25) is 0 Å². The van der Waals surface area contributed by atoms with Crippen molar-refractivity contribution in [2.24, 2.45) is 0 Å². The molecule has 0 amide bonds. The monoisotopic (exact) mass is 458 g/mol. The molecular formula is C25H22N4O5. The fourth-order valence-electron chi connectivity index (χ4n) is 4.05. The molecule has 34 heavy (non-hydrogen) atoms. The Morgan fingerprint density at radius 2 is 1.79 bits per heavy atom. The number of nitrogens with one attached hydrogen (secondary N) is 1. The molecule has 3 N–H and O–H groups in total. The number of aliphatic hydroxyl groups is 2. The van der Waals surface area contributed by atoms with Crippen molar-refractivity contribution >= 4 is 11.0 Å². The van der Waals surface area contributed by atoms with Gasteiger partial charge in [-0.25, -0.2) is 4.79 Å². The number of aromatic amines is 1. The van der Waals surface area contributed by atoms with Crippen molar-refractivity contribution in [1.29, 1.82) is 0 Å². The number of hydrogen-bond acceptors (Lipinski definition) is 7. The zero-order valence-electron chi connectivity index (χ0n) is 18.3. The lowest BCUT2D eigenvalue weighted by Gasteiger charge is -2.13. The predicted octanol–water partition coefficient (Wildman–Crippen LogP) is 3.48. The van der Waals surface area contributed by atoms with Gasteiger partial charge in [-0.15, -0.1) is 0 Å². The predicted molar refractivity (Wildman–Crippen MR) is 125 cm³/mol. The molecule has 3 aromatic carbocycles. The Kier molecular flexibility index (Phi) is 5.70. The first-order valence-corrected chi connectivity index (χ1v) is 10.8. The van der Waals surface area contributed by atoms with Gasteiger partial charge in [0, 0.05) is 11.1 Å². The van der Waals surface area contributed by atoms with E-state index in [9.17, 15) is 15.0 Å². The van der Waals surface area contributed by atoms with Crippen LogP contribution in [0.5, 0.6) is 6.01 Å². The van der Waals surface area contributed by atoms with Crippen molar-refractivity contribution in [3.8, 4) is 28.5 Å². The number of benzene rings is 3. The van der Waals surface area contributed by atoms with Crippen LogP contribution in [0.1, 0.15) is 24.3 Å². The van der Waals surface area contributed by atoms with Crippen LogP contribution in [0.3, 0.4) is 0 Å². The molecule has 5 rings (SSSR count). The van der Waals surface area contributed by atoms with Crippen molar-refractivity contribution < 1.29 is 19.5 Å². The van der Waals surface area contributed by atoms with Gasteiger partial charge in [-0.2, -0.15) is 4.98 Å². The molecule has 0 saturated heterocycles. The Bertz CT molecular complexity index is 1500. The molecule has 0 aliphatic heterocycles. The van der Waals surface area contributed by atoms with Gasteiger partial charge in [-0.1, -0.05) is 65.8 Å². The number of imidazole rings is 1. The molecule has 2 heterocycles. The maximum Gasteiger partial charge on any atom is 0.439 e. The van der Waals surface area contributed by atoms with Gasteiger partial charge in [0.25, 0.3) is 6.01 Å². The second-order valence-corrected chi connectivity index (χ2v) is 7.69. The highest BCUT2D eigenvalue weighted by atomic mass is 16.5. The summed E-state index contributed by atoms with van der Waals surface area (Å²) in [5.41, 5.74) is 5.16. The number of aromatic nitrogens is 4. The quantitative estimate of drug-likeness (QED) is 0.319. The second-order valence-electron chi connectivity index (χ2n) is 7.69. The van der Waals surface area contributed by atoms with E-state index in [0.29, 0.717) is 41.6 Å². The molecule has 0 saturated carbocycles. The Labute approximate surface area is 193 Å². The number of nitrogens with zero attached hydrogens (tertiary/aromatic N) is 3. The second kappa shape index (κ2) is 8.97. The van der Waals surface area contributed by atoms with E-state index in [-0.39, 0.29) is 0 Å². The fourth-order valence-corrected chi connectivity index (χ4v) is 4.05. The molecule has 0 aliphatic carbocycles. The standard InChI is InChI=1S/C25H22N4O5/c1-2-33-24-26-20-9-5-8-19(23(30)31)21(20)29(24)14-15-10-12-16(13-11-15)17-6-3-4-7-18(17)22-27-25(32)34-28-22/h3-13,23,30-31H,2,14H2,1H3,(H,27,28,32). The van der Waals surface area contributed by atoms with Gasteiger partial charge in [0.05, 0.1) is 24.2 Å². The van der Waals surface area contributed by atoms with E-state index in [1.165, 1.54) is 0 Å². The van der Waals surface area contributed by atoms with Crippen LogP contribution < -0.4 is 10.5 Å². The molecule has 9 nitrogen and oxygen atoms in total. The molecule has 0 radical (unpaired) electrons. The highest BCUT2D eigenvalue weighted by Gasteiger charge is 2.18. The normalized spacial score (nSPS) is 11.4.